The molecule has 0 bridgehead atoms. The number of nitrogens with zero attached hydrogens (tertiary/aromatic N) is 2. The molecule has 2 N–H and O–H groups in total. The predicted molar refractivity (Wildman–Crippen MR) is 79.8 cm³/mol. The quantitative estimate of drug-likeness (QED) is 0.935. The maximum atomic E-state index is 5.98. The van der Waals surface area contributed by atoms with Crippen LogP contribution in [0.15, 0.2) is 22.0 Å². The van der Waals surface area contributed by atoms with Crippen LogP contribution in [0.4, 0.5) is 0 Å². The monoisotopic (exact) mass is 325 g/mol. The molecule has 0 aliphatic carbocycles. The number of thiophene rings is 1. The Morgan fingerprint density at radius 1 is 1.39 bits per heavy atom. The standard InChI is InChI=1S/C13H16BrN3S/c1-3-10(15)6-11-4-8(2)16-13(17-11)12-5-9(14)7-18-12/h4-5,7,10H,3,6,15H2,1-2H3. The average Bonchev–Trinajstić information content (AvgIpc) is 2.75. The number of aryl methyl sites for hydroxylation is 1. The fraction of sp³-hybridized carbons (Fsp3) is 0.385. The normalized spacial score (nSPS) is 12.7. The van der Waals surface area contributed by atoms with Crippen LogP contribution in [0, 0.1) is 6.92 Å². The fourth-order valence-electron chi connectivity index (χ4n) is 1.69. The molecule has 0 spiro atoms. The fourth-order valence-corrected chi connectivity index (χ4v) is 3.05. The number of rotatable bonds is 4. The summed E-state index contributed by atoms with van der Waals surface area (Å²) in [5, 5.41) is 2.04. The molecule has 5 heteroatoms. The Morgan fingerprint density at radius 2 is 2.17 bits per heavy atom. The summed E-state index contributed by atoms with van der Waals surface area (Å²) in [5.74, 6) is 0.795. The molecule has 0 saturated carbocycles. The van der Waals surface area contributed by atoms with Crippen LogP contribution >= 0.6 is 27.3 Å². The van der Waals surface area contributed by atoms with E-state index in [0.717, 1.165) is 39.4 Å². The van der Waals surface area contributed by atoms with Crippen LogP contribution in [0.2, 0.25) is 0 Å². The van der Waals surface area contributed by atoms with E-state index < -0.39 is 0 Å². The summed E-state index contributed by atoms with van der Waals surface area (Å²) in [5.41, 5.74) is 8.00. The number of nitrogens with two attached hydrogens (primary N) is 1. The van der Waals surface area contributed by atoms with Crippen molar-refractivity contribution in [2.75, 3.05) is 0 Å². The van der Waals surface area contributed by atoms with Gasteiger partial charge >= 0.3 is 0 Å². The number of halogens is 1. The Kier molecular flexibility index (Phi) is 4.48. The van der Waals surface area contributed by atoms with E-state index in [-0.39, 0.29) is 6.04 Å². The lowest BCUT2D eigenvalue weighted by Crippen LogP contribution is -2.22. The molecule has 1 unspecified atom stereocenters. The van der Waals surface area contributed by atoms with E-state index in [1.54, 1.807) is 11.3 Å². The molecule has 2 aromatic heterocycles. The van der Waals surface area contributed by atoms with E-state index >= 15 is 0 Å². The summed E-state index contributed by atoms with van der Waals surface area (Å²) in [6.45, 7) is 4.09. The molecule has 2 aromatic rings. The largest absolute Gasteiger partial charge is 0.327 e. The summed E-state index contributed by atoms with van der Waals surface area (Å²) in [6, 6.07) is 4.23. The van der Waals surface area contributed by atoms with Crippen molar-refractivity contribution in [2.24, 2.45) is 5.73 Å². The van der Waals surface area contributed by atoms with Crippen LogP contribution in [0.5, 0.6) is 0 Å². The topological polar surface area (TPSA) is 51.8 Å². The SMILES string of the molecule is CCC(N)Cc1cc(C)nc(-c2cc(Br)cs2)n1. The molecule has 3 nitrogen and oxygen atoms in total. The van der Waals surface area contributed by atoms with Gasteiger partial charge in [0.15, 0.2) is 5.82 Å². The highest BCUT2D eigenvalue weighted by atomic mass is 79.9. The lowest BCUT2D eigenvalue weighted by molar-refractivity contribution is 0.635. The van der Waals surface area contributed by atoms with Gasteiger partial charge in [0, 0.05) is 33.7 Å². The van der Waals surface area contributed by atoms with Crippen molar-refractivity contribution in [3.05, 3.63) is 33.4 Å². The maximum absolute atomic E-state index is 5.98. The molecule has 0 saturated heterocycles. The highest BCUT2D eigenvalue weighted by Gasteiger charge is 2.09. The third-order valence-corrected chi connectivity index (χ3v) is 4.38. The maximum Gasteiger partial charge on any atom is 0.169 e. The van der Waals surface area contributed by atoms with Gasteiger partial charge in [0.1, 0.15) is 0 Å². The third kappa shape index (κ3) is 3.37. The van der Waals surface area contributed by atoms with Crippen molar-refractivity contribution in [3.8, 4) is 10.7 Å². The lowest BCUT2D eigenvalue weighted by atomic mass is 10.1. The van der Waals surface area contributed by atoms with Gasteiger partial charge < -0.3 is 5.73 Å². The minimum absolute atomic E-state index is 0.169. The highest BCUT2D eigenvalue weighted by molar-refractivity contribution is 9.10. The van der Waals surface area contributed by atoms with Crippen molar-refractivity contribution in [1.82, 2.24) is 9.97 Å². The molecule has 2 rings (SSSR count). The van der Waals surface area contributed by atoms with E-state index in [1.807, 2.05) is 24.4 Å². The van der Waals surface area contributed by atoms with Crippen molar-refractivity contribution in [1.29, 1.82) is 0 Å². The van der Waals surface area contributed by atoms with Gasteiger partial charge in [0.2, 0.25) is 0 Å². The van der Waals surface area contributed by atoms with Crippen LogP contribution < -0.4 is 5.73 Å². The zero-order valence-electron chi connectivity index (χ0n) is 10.5. The number of hydrogen-bond donors (Lipinski definition) is 1. The van der Waals surface area contributed by atoms with Crippen LogP contribution in [0.1, 0.15) is 24.7 Å². The number of aromatic nitrogens is 2. The van der Waals surface area contributed by atoms with Crippen molar-refractivity contribution >= 4 is 27.3 Å². The molecular formula is C13H16BrN3S. The smallest absolute Gasteiger partial charge is 0.169 e. The van der Waals surface area contributed by atoms with Gasteiger partial charge in [-0.1, -0.05) is 6.92 Å². The first-order valence-corrected chi connectivity index (χ1v) is 7.60. The van der Waals surface area contributed by atoms with Gasteiger partial charge in [0.05, 0.1) is 4.88 Å². The van der Waals surface area contributed by atoms with E-state index in [0.29, 0.717) is 0 Å². The Morgan fingerprint density at radius 3 is 2.78 bits per heavy atom. The number of hydrogen-bond acceptors (Lipinski definition) is 4. The Hall–Kier alpha value is -0.780. The molecule has 0 fully saturated rings. The van der Waals surface area contributed by atoms with Crippen LogP contribution in [-0.2, 0) is 6.42 Å². The molecule has 0 aromatic carbocycles. The first-order valence-electron chi connectivity index (χ1n) is 5.93. The molecule has 0 aliphatic heterocycles. The predicted octanol–water partition coefficient (Wildman–Crippen LogP) is 3.56. The third-order valence-electron chi connectivity index (χ3n) is 2.69. The van der Waals surface area contributed by atoms with Gasteiger partial charge in [-0.25, -0.2) is 9.97 Å². The van der Waals surface area contributed by atoms with Crippen molar-refractivity contribution in [2.45, 2.75) is 32.7 Å². The van der Waals surface area contributed by atoms with Gasteiger partial charge in [-0.3, -0.25) is 0 Å². The first kappa shape index (κ1) is 13.6. The zero-order valence-corrected chi connectivity index (χ0v) is 12.9. The van der Waals surface area contributed by atoms with E-state index in [4.69, 9.17) is 5.73 Å². The molecule has 96 valence electrons. The molecular weight excluding hydrogens is 310 g/mol. The molecule has 0 aliphatic rings. The van der Waals surface area contributed by atoms with Gasteiger partial charge in [0.25, 0.3) is 0 Å². The van der Waals surface area contributed by atoms with Crippen LogP contribution in [0.25, 0.3) is 10.7 Å². The Balaban J connectivity index is 2.32. The summed E-state index contributed by atoms with van der Waals surface area (Å²) in [4.78, 5) is 10.2. The second-order valence-corrected chi connectivity index (χ2v) is 6.15. The molecule has 18 heavy (non-hydrogen) atoms. The Bertz CT molecular complexity index is 539. The summed E-state index contributed by atoms with van der Waals surface area (Å²) >= 11 is 5.09. The minimum atomic E-state index is 0.169. The van der Waals surface area contributed by atoms with E-state index in [9.17, 15) is 0 Å². The first-order chi connectivity index (χ1) is 8.58. The van der Waals surface area contributed by atoms with Gasteiger partial charge in [-0.15, -0.1) is 11.3 Å². The molecule has 0 amide bonds. The Labute approximate surface area is 120 Å². The average molecular weight is 326 g/mol. The molecule has 0 radical (unpaired) electrons. The van der Waals surface area contributed by atoms with E-state index in [2.05, 4.69) is 32.8 Å². The van der Waals surface area contributed by atoms with Crippen molar-refractivity contribution < 1.29 is 0 Å². The van der Waals surface area contributed by atoms with Crippen LogP contribution in [0.3, 0.4) is 0 Å². The van der Waals surface area contributed by atoms with Crippen molar-refractivity contribution in [3.63, 3.8) is 0 Å². The lowest BCUT2D eigenvalue weighted by Gasteiger charge is -2.09. The van der Waals surface area contributed by atoms with Gasteiger partial charge in [-0.2, -0.15) is 0 Å². The zero-order chi connectivity index (χ0) is 13.1. The van der Waals surface area contributed by atoms with E-state index in [1.165, 1.54) is 0 Å². The summed E-state index contributed by atoms with van der Waals surface area (Å²) in [6.07, 6.45) is 1.77. The summed E-state index contributed by atoms with van der Waals surface area (Å²) in [7, 11) is 0. The highest BCUT2D eigenvalue weighted by Crippen LogP contribution is 2.27. The second-order valence-electron chi connectivity index (χ2n) is 4.33. The van der Waals surface area contributed by atoms with Crippen LogP contribution in [-0.4, -0.2) is 16.0 Å². The second kappa shape index (κ2) is 5.91. The van der Waals surface area contributed by atoms with Gasteiger partial charge in [-0.05, 0) is 41.4 Å². The molecule has 2 heterocycles. The molecule has 1 atom stereocenters. The minimum Gasteiger partial charge on any atom is -0.327 e. The summed E-state index contributed by atoms with van der Waals surface area (Å²) < 4.78 is 1.07.